The Hall–Kier alpha value is -2.87. The number of aryl methyl sites for hydroxylation is 1. The molecule has 1 aliphatic rings. The number of fused-ring (bicyclic) bond motifs is 1. The molecule has 1 saturated heterocycles. The summed E-state index contributed by atoms with van der Waals surface area (Å²) in [5, 5.41) is 24.0. The average Bonchev–Trinajstić information content (AvgIpc) is 2.89. The van der Waals surface area contributed by atoms with Crippen LogP contribution in [0.3, 0.4) is 0 Å². The lowest BCUT2D eigenvalue weighted by molar-refractivity contribution is -0.192. The van der Waals surface area contributed by atoms with E-state index in [0.717, 1.165) is 31.6 Å². The maximum absolute atomic E-state index is 11.8. The predicted molar refractivity (Wildman–Crippen MR) is 83.8 cm³/mol. The number of carbonyl (C=O) groups is 1. The number of piperidine rings is 1. The maximum Gasteiger partial charge on any atom is 0.490 e. The number of hydrogen-bond acceptors (Lipinski definition) is 5. The van der Waals surface area contributed by atoms with Crippen molar-refractivity contribution in [2.45, 2.75) is 31.9 Å². The number of aromatic amines is 1. The van der Waals surface area contributed by atoms with Crippen LogP contribution in [-0.2, 0) is 4.79 Å². The van der Waals surface area contributed by atoms with Gasteiger partial charge < -0.3 is 15.4 Å². The highest BCUT2D eigenvalue weighted by Crippen LogP contribution is 2.25. The Balaban J connectivity index is 0.000000298. The quantitative estimate of drug-likeness (QED) is 0.694. The van der Waals surface area contributed by atoms with Gasteiger partial charge in [0.1, 0.15) is 11.6 Å². The minimum atomic E-state index is -5.08. The second kappa shape index (κ2) is 7.57. The molecule has 0 amide bonds. The van der Waals surface area contributed by atoms with Gasteiger partial charge in [0.15, 0.2) is 5.65 Å². The summed E-state index contributed by atoms with van der Waals surface area (Å²) in [4.78, 5) is 23.4. The highest BCUT2D eigenvalue weighted by atomic mass is 19.4. The normalized spacial score (nSPS) is 15.2. The second-order valence-electron chi connectivity index (χ2n) is 5.72. The third-order valence-electron chi connectivity index (χ3n) is 3.94. The van der Waals surface area contributed by atoms with Crippen LogP contribution in [0.5, 0.6) is 0 Å². The Morgan fingerprint density at radius 3 is 2.50 bits per heavy atom. The van der Waals surface area contributed by atoms with Gasteiger partial charge >= 0.3 is 12.1 Å². The van der Waals surface area contributed by atoms with Gasteiger partial charge in [-0.25, -0.2) is 9.31 Å². The van der Waals surface area contributed by atoms with Gasteiger partial charge in [-0.05, 0) is 32.9 Å². The summed E-state index contributed by atoms with van der Waals surface area (Å²) in [6, 6.07) is 3.72. The molecule has 0 spiro atoms. The molecule has 0 unspecified atom stereocenters. The van der Waals surface area contributed by atoms with Crippen molar-refractivity contribution in [2.75, 3.05) is 13.1 Å². The van der Waals surface area contributed by atoms with Crippen LogP contribution in [-0.4, -0.2) is 44.9 Å². The zero-order chi connectivity index (χ0) is 19.5. The molecule has 3 heterocycles. The summed E-state index contributed by atoms with van der Waals surface area (Å²) < 4.78 is 33.5. The standard InChI is InChI=1S/C13H15N5O.C2HF3O2/c1-8-10(7-14)13-16-12(19)6-11(18(13)17-8)9-2-4-15-5-3-9;3-2(4,5)1(6)7/h6,9,15H,2-5H2,1H3,(H,16,19);(H,6,7). The van der Waals surface area contributed by atoms with Crippen LogP contribution in [0.15, 0.2) is 10.9 Å². The van der Waals surface area contributed by atoms with Crippen molar-refractivity contribution in [2.24, 2.45) is 0 Å². The molecule has 0 radical (unpaired) electrons. The van der Waals surface area contributed by atoms with Crippen molar-refractivity contribution in [3.63, 3.8) is 0 Å². The van der Waals surface area contributed by atoms with E-state index < -0.39 is 12.1 Å². The minimum absolute atomic E-state index is 0.169. The summed E-state index contributed by atoms with van der Waals surface area (Å²) in [6.07, 6.45) is -3.11. The molecule has 11 heteroatoms. The summed E-state index contributed by atoms with van der Waals surface area (Å²) >= 11 is 0. The van der Waals surface area contributed by atoms with E-state index in [1.54, 1.807) is 17.5 Å². The number of alkyl halides is 3. The molecular formula is C15H16F3N5O3. The first-order valence-corrected chi connectivity index (χ1v) is 7.68. The number of halogens is 3. The van der Waals surface area contributed by atoms with Gasteiger partial charge in [-0.2, -0.15) is 23.5 Å². The number of aliphatic carboxylic acids is 1. The van der Waals surface area contributed by atoms with Crippen molar-refractivity contribution in [1.29, 1.82) is 5.26 Å². The van der Waals surface area contributed by atoms with Gasteiger partial charge in [0.05, 0.1) is 11.4 Å². The van der Waals surface area contributed by atoms with Crippen LogP contribution in [0.25, 0.3) is 5.65 Å². The van der Waals surface area contributed by atoms with Crippen molar-refractivity contribution in [3.8, 4) is 6.07 Å². The third-order valence-corrected chi connectivity index (χ3v) is 3.94. The largest absolute Gasteiger partial charge is 0.490 e. The summed E-state index contributed by atoms with van der Waals surface area (Å²) in [7, 11) is 0. The number of nitrogens with one attached hydrogen (secondary N) is 2. The molecule has 0 saturated carbocycles. The van der Waals surface area contributed by atoms with Gasteiger partial charge in [0.25, 0.3) is 5.56 Å². The number of nitrogens with zero attached hydrogens (tertiary/aromatic N) is 3. The Kier molecular flexibility index (Phi) is 5.66. The predicted octanol–water partition coefficient (Wildman–Crippen LogP) is 1.30. The number of aromatic nitrogens is 3. The molecule has 3 rings (SSSR count). The first-order valence-electron chi connectivity index (χ1n) is 7.68. The summed E-state index contributed by atoms with van der Waals surface area (Å²) in [6.45, 7) is 3.69. The smallest absolute Gasteiger partial charge is 0.475 e. The molecule has 0 aliphatic carbocycles. The Labute approximate surface area is 145 Å². The van der Waals surface area contributed by atoms with Gasteiger partial charge in [-0.3, -0.25) is 4.79 Å². The Morgan fingerprint density at radius 2 is 2.00 bits per heavy atom. The summed E-state index contributed by atoms with van der Waals surface area (Å²) in [5.74, 6) is -2.44. The first kappa shape index (κ1) is 19.5. The molecule has 0 bridgehead atoms. The highest BCUT2D eigenvalue weighted by Gasteiger charge is 2.38. The highest BCUT2D eigenvalue weighted by molar-refractivity contribution is 5.73. The molecule has 1 fully saturated rings. The SMILES string of the molecule is Cc1nn2c(C3CCNCC3)cc(=O)[nH]c2c1C#N.O=C(O)C(F)(F)F. The fourth-order valence-corrected chi connectivity index (χ4v) is 2.72. The van der Waals surface area contributed by atoms with Gasteiger partial charge in [0, 0.05) is 12.0 Å². The van der Waals surface area contributed by atoms with Crippen LogP contribution in [0.4, 0.5) is 13.2 Å². The van der Waals surface area contributed by atoms with Crippen LogP contribution >= 0.6 is 0 Å². The monoisotopic (exact) mass is 371 g/mol. The number of nitriles is 1. The Morgan fingerprint density at radius 1 is 1.42 bits per heavy atom. The molecule has 2 aromatic heterocycles. The molecule has 3 N–H and O–H groups in total. The van der Waals surface area contributed by atoms with Crippen molar-refractivity contribution in [1.82, 2.24) is 19.9 Å². The second-order valence-corrected chi connectivity index (χ2v) is 5.72. The minimum Gasteiger partial charge on any atom is -0.475 e. The van der Waals surface area contributed by atoms with E-state index in [4.69, 9.17) is 15.2 Å². The number of rotatable bonds is 1. The van der Waals surface area contributed by atoms with E-state index in [1.807, 2.05) is 0 Å². The first-order chi connectivity index (χ1) is 12.1. The lowest BCUT2D eigenvalue weighted by atomic mass is 9.94. The number of H-pyrrole nitrogens is 1. The van der Waals surface area contributed by atoms with Gasteiger partial charge in [-0.1, -0.05) is 0 Å². The fourth-order valence-electron chi connectivity index (χ4n) is 2.72. The lowest BCUT2D eigenvalue weighted by Gasteiger charge is -2.23. The third kappa shape index (κ3) is 4.20. The number of carboxylic acid groups (broad SMARTS) is 1. The van der Waals surface area contributed by atoms with Gasteiger partial charge in [-0.15, -0.1) is 0 Å². The molecule has 0 aromatic carbocycles. The topological polar surface area (TPSA) is 123 Å². The lowest BCUT2D eigenvalue weighted by Crippen LogP contribution is -2.28. The van der Waals surface area contributed by atoms with E-state index in [1.165, 1.54) is 0 Å². The molecule has 0 atom stereocenters. The number of carboxylic acids is 1. The molecule has 2 aromatic rings. The van der Waals surface area contributed by atoms with Gasteiger partial charge in [0.2, 0.25) is 0 Å². The van der Waals surface area contributed by atoms with Crippen molar-refractivity contribution >= 4 is 11.6 Å². The van der Waals surface area contributed by atoms with Crippen LogP contribution < -0.4 is 10.9 Å². The number of hydrogen-bond donors (Lipinski definition) is 3. The van der Waals surface area contributed by atoms with E-state index in [2.05, 4.69) is 21.5 Å². The summed E-state index contributed by atoms with van der Waals surface area (Å²) in [5.41, 5.74) is 2.36. The van der Waals surface area contributed by atoms with Crippen LogP contribution in [0.1, 0.15) is 35.7 Å². The Bertz CT molecular complexity index is 904. The van der Waals surface area contributed by atoms with E-state index in [9.17, 15) is 18.0 Å². The van der Waals surface area contributed by atoms with E-state index in [0.29, 0.717) is 22.8 Å². The molecular weight excluding hydrogens is 355 g/mol. The van der Waals surface area contributed by atoms with Crippen molar-refractivity contribution in [3.05, 3.63) is 33.4 Å². The van der Waals surface area contributed by atoms with E-state index in [-0.39, 0.29) is 5.56 Å². The molecule has 140 valence electrons. The molecule has 8 nitrogen and oxygen atoms in total. The van der Waals surface area contributed by atoms with E-state index >= 15 is 0 Å². The average molecular weight is 371 g/mol. The van der Waals surface area contributed by atoms with Crippen molar-refractivity contribution < 1.29 is 23.1 Å². The zero-order valence-electron chi connectivity index (χ0n) is 13.7. The fraction of sp³-hybridized carbons (Fsp3) is 0.467. The van der Waals surface area contributed by atoms with Crippen LogP contribution in [0, 0.1) is 18.3 Å². The zero-order valence-corrected chi connectivity index (χ0v) is 13.7. The van der Waals surface area contributed by atoms with Crippen LogP contribution in [0.2, 0.25) is 0 Å². The maximum atomic E-state index is 11.8. The molecule has 26 heavy (non-hydrogen) atoms. The molecule has 1 aliphatic heterocycles.